The van der Waals surface area contributed by atoms with Gasteiger partial charge in [-0.05, 0) is 35.9 Å². The summed E-state index contributed by atoms with van der Waals surface area (Å²) in [7, 11) is 0. The van der Waals surface area contributed by atoms with Crippen molar-refractivity contribution >= 4 is 27.4 Å². The summed E-state index contributed by atoms with van der Waals surface area (Å²) in [5, 5.41) is 4.48. The van der Waals surface area contributed by atoms with Gasteiger partial charge in [-0.15, -0.1) is 11.3 Å². The van der Waals surface area contributed by atoms with Gasteiger partial charge in [0, 0.05) is 28.6 Å². The number of nitrogens with one attached hydrogen (secondary N) is 2. The third kappa shape index (κ3) is 4.63. The molecular weight excluding hydrogens is 354 g/mol. The molecule has 0 spiro atoms. The first-order valence-electron chi connectivity index (χ1n) is 9.12. The summed E-state index contributed by atoms with van der Waals surface area (Å²) in [4.78, 5) is 20.6. The van der Waals surface area contributed by atoms with Gasteiger partial charge in [-0.3, -0.25) is 9.78 Å². The number of aryl methyl sites for hydroxylation is 1. The summed E-state index contributed by atoms with van der Waals surface area (Å²) in [6.45, 7) is 0.768. The largest absolute Gasteiger partial charge is 0.356 e. The van der Waals surface area contributed by atoms with Crippen molar-refractivity contribution in [1.82, 2.24) is 9.97 Å². The summed E-state index contributed by atoms with van der Waals surface area (Å²) in [6.07, 6.45) is 2.65. The molecule has 0 unspecified atom stereocenters. The summed E-state index contributed by atoms with van der Waals surface area (Å²) >= 11 is 1.75. The number of rotatable bonds is 7. The highest BCUT2D eigenvalue weighted by molar-refractivity contribution is 7.19. The lowest BCUT2D eigenvalue weighted by molar-refractivity contribution is 0.848. The Hall–Kier alpha value is -2.92. The Morgan fingerprint density at radius 1 is 1.00 bits per heavy atom. The second-order valence-electron chi connectivity index (χ2n) is 6.53. The molecule has 0 atom stereocenters. The van der Waals surface area contributed by atoms with Gasteiger partial charge in [0.25, 0.3) is 5.56 Å². The molecule has 0 aliphatic rings. The first-order valence-corrected chi connectivity index (χ1v) is 9.93. The van der Waals surface area contributed by atoms with Gasteiger partial charge >= 0.3 is 0 Å². The lowest BCUT2D eigenvalue weighted by Gasteiger charge is -2.07. The molecule has 27 heavy (non-hydrogen) atoms. The van der Waals surface area contributed by atoms with Crippen molar-refractivity contribution in [3.05, 3.63) is 93.2 Å². The summed E-state index contributed by atoms with van der Waals surface area (Å²) in [5.41, 5.74) is 1.99. The molecule has 2 aromatic carbocycles. The van der Waals surface area contributed by atoms with E-state index in [1.165, 1.54) is 20.5 Å². The van der Waals surface area contributed by atoms with Gasteiger partial charge in [0.05, 0.1) is 5.69 Å². The Kier molecular flexibility index (Phi) is 5.30. The molecule has 0 amide bonds. The zero-order chi connectivity index (χ0) is 18.5. The Morgan fingerprint density at radius 3 is 2.67 bits per heavy atom. The van der Waals surface area contributed by atoms with Crippen LogP contribution in [0.15, 0.2) is 71.5 Å². The van der Waals surface area contributed by atoms with Crippen molar-refractivity contribution in [2.45, 2.75) is 19.3 Å². The molecule has 0 fully saturated rings. The van der Waals surface area contributed by atoms with Crippen LogP contribution < -0.4 is 10.9 Å². The molecule has 2 aromatic heterocycles. The topological polar surface area (TPSA) is 57.8 Å². The SMILES string of the molecule is O=c1cc(Cc2cc3ccccc3s2)nc(NCCCc2ccccc2)[nH]1. The van der Waals surface area contributed by atoms with Gasteiger partial charge in [0.1, 0.15) is 0 Å². The van der Waals surface area contributed by atoms with Crippen molar-refractivity contribution in [1.29, 1.82) is 0 Å². The minimum atomic E-state index is -0.119. The van der Waals surface area contributed by atoms with Crippen LogP contribution in [0.1, 0.15) is 22.6 Å². The molecule has 4 aromatic rings. The van der Waals surface area contributed by atoms with E-state index in [-0.39, 0.29) is 5.56 Å². The van der Waals surface area contributed by atoms with E-state index < -0.39 is 0 Å². The molecule has 136 valence electrons. The average Bonchev–Trinajstić information content (AvgIpc) is 3.08. The molecule has 4 rings (SSSR count). The van der Waals surface area contributed by atoms with Crippen LogP contribution in [0.25, 0.3) is 10.1 Å². The quantitative estimate of drug-likeness (QED) is 0.463. The van der Waals surface area contributed by atoms with E-state index >= 15 is 0 Å². The third-order valence-electron chi connectivity index (χ3n) is 4.40. The Bertz CT molecular complexity index is 1050. The maximum atomic E-state index is 12.0. The number of hydrogen-bond acceptors (Lipinski definition) is 4. The normalized spacial score (nSPS) is 11.0. The lowest BCUT2D eigenvalue weighted by atomic mass is 10.1. The van der Waals surface area contributed by atoms with Crippen molar-refractivity contribution in [3.8, 4) is 0 Å². The molecule has 0 aliphatic heterocycles. The van der Waals surface area contributed by atoms with Crippen LogP contribution in [0, 0.1) is 0 Å². The maximum absolute atomic E-state index is 12.0. The molecule has 2 N–H and O–H groups in total. The number of fused-ring (bicyclic) bond motifs is 1. The fourth-order valence-corrected chi connectivity index (χ4v) is 4.21. The molecule has 0 bridgehead atoms. The molecule has 0 saturated heterocycles. The molecule has 4 nitrogen and oxygen atoms in total. The van der Waals surface area contributed by atoms with Crippen molar-refractivity contribution in [2.75, 3.05) is 11.9 Å². The van der Waals surface area contributed by atoms with E-state index in [9.17, 15) is 4.79 Å². The van der Waals surface area contributed by atoms with E-state index in [2.05, 4.69) is 57.7 Å². The maximum Gasteiger partial charge on any atom is 0.252 e. The smallest absolute Gasteiger partial charge is 0.252 e. The summed E-state index contributed by atoms with van der Waals surface area (Å²) in [5.74, 6) is 0.548. The van der Waals surface area contributed by atoms with Gasteiger partial charge in [-0.25, -0.2) is 4.98 Å². The lowest BCUT2D eigenvalue weighted by Crippen LogP contribution is -2.15. The third-order valence-corrected chi connectivity index (χ3v) is 5.52. The second kappa shape index (κ2) is 8.18. The average molecular weight is 375 g/mol. The highest BCUT2D eigenvalue weighted by atomic mass is 32.1. The number of aromatic nitrogens is 2. The number of thiophene rings is 1. The number of anilines is 1. The number of H-pyrrole nitrogens is 1. The number of benzene rings is 2. The Labute approximate surface area is 161 Å². The molecular formula is C22H21N3OS. The van der Waals surface area contributed by atoms with Crippen molar-refractivity contribution in [3.63, 3.8) is 0 Å². The number of hydrogen-bond donors (Lipinski definition) is 2. The van der Waals surface area contributed by atoms with Gasteiger partial charge in [-0.2, -0.15) is 0 Å². The predicted octanol–water partition coefficient (Wildman–Crippen LogP) is 4.62. The van der Waals surface area contributed by atoms with Crippen LogP contribution in [0.4, 0.5) is 5.95 Å². The van der Waals surface area contributed by atoms with E-state index in [1.807, 2.05) is 18.2 Å². The minimum Gasteiger partial charge on any atom is -0.356 e. The van der Waals surface area contributed by atoms with E-state index in [1.54, 1.807) is 17.4 Å². The molecule has 2 heterocycles. The fourth-order valence-electron chi connectivity index (χ4n) is 3.13. The van der Waals surface area contributed by atoms with Crippen LogP contribution in [-0.4, -0.2) is 16.5 Å². The minimum absolute atomic E-state index is 0.119. The zero-order valence-corrected chi connectivity index (χ0v) is 15.8. The zero-order valence-electron chi connectivity index (χ0n) is 14.9. The van der Waals surface area contributed by atoms with Crippen LogP contribution in [0.5, 0.6) is 0 Å². The van der Waals surface area contributed by atoms with E-state index in [0.29, 0.717) is 12.4 Å². The summed E-state index contributed by atoms with van der Waals surface area (Å²) in [6, 6.07) is 22.5. The van der Waals surface area contributed by atoms with Gasteiger partial charge < -0.3 is 5.32 Å². The number of aromatic amines is 1. The second-order valence-corrected chi connectivity index (χ2v) is 7.70. The van der Waals surface area contributed by atoms with E-state index in [4.69, 9.17) is 0 Å². The van der Waals surface area contributed by atoms with Gasteiger partial charge in [-0.1, -0.05) is 48.5 Å². The monoisotopic (exact) mass is 375 g/mol. The Balaban J connectivity index is 1.39. The first kappa shape index (κ1) is 17.5. The molecule has 0 aliphatic carbocycles. The van der Waals surface area contributed by atoms with Crippen molar-refractivity contribution in [2.24, 2.45) is 0 Å². The molecule has 0 saturated carbocycles. The van der Waals surface area contributed by atoms with E-state index in [0.717, 1.165) is 25.1 Å². The highest BCUT2D eigenvalue weighted by Crippen LogP contribution is 2.26. The Morgan fingerprint density at radius 2 is 1.81 bits per heavy atom. The fraction of sp³-hybridized carbons (Fsp3) is 0.182. The van der Waals surface area contributed by atoms with Crippen molar-refractivity contribution < 1.29 is 0 Å². The number of nitrogens with zero attached hydrogens (tertiary/aromatic N) is 1. The molecule has 0 radical (unpaired) electrons. The van der Waals surface area contributed by atoms with Gasteiger partial charge in [0.2, 0.25) is 5.95 Å². The summed E-state index contributed by atoms with van der Waals surface area (Å²) < 4.78 is 1.26. The standard InChI is InChI=1S/C22H21N3OS/c26-21-15-18(14-19-13-17-10-4-5-11-20(17)27-19)24-22(25-21)23-12-6-9-16-7-2-1-3-8-16/h1-5,7-8,10-11,13,15H,6,9,12,14H2,(H2,23,24,25,26). The van der Waals surface area contributed by atoms with Crippen LogP contribution in [-0.2, 0) is 12.8 Å². The predicted molar refractivity (Wildman–Crippen MR) is 113 cm³/mol. The van der Waals surface area contributed by atoms with Crippen LogP contribution in [0.3, 0.4) is 0 Å². The van der Waals surface area contributed by atoms with Crippen LogP contribution >= 0.6 is 11.3 Å². The molecule has 5 heteroatoms. The van der Waals surface area contributed by atoms with Crippen LogP contribution in [0.2, 0.25) is 0 Å². The first-order chi connectivity index (χ1) is 13.3. The highest BCUT2D eigenvalue weighted by Gasteiger charge is 2.06. The van der Waals surface area contributed by atoms with Gasteiger partial charge in [0.15, 0.2) is 0 Å².